The van der Waals surface area contributed by atoms with E-state index in [4.69, 9.17) is 4.74 Å². The third kappa shape index (κ3) is 46.4. The first-order valence-corrected chi connectivity index (χ1v) is 27.7. The van der Waals surface area contributed by atoms with Gasteiger partial charge < -0.3 is 20.3 Å². The molecular weight excluding hydrogens is 779 g/mol. The zero-order valence-corrected chi connectivity index (χ0v) is 42.2. The van der Waals surface area contributed by atoms with Gasteiger partial charge in [-0.1, -0.05) is 231 Å². The number of aliphatic hydroxyl groups excluding tert-OH is 2. The van der Waals surface area contributed by atoms with E-state index in [9.17, 15) is 19.8 Å². The molecule has 0 aliphatic heterocycles. The number of hydrogen-bond donors (Lipinski definition) is 3. The van der Waals surface area contributed by atoms with Gasteiger partial charge in [0, 0.05) is 6.42 Å². The van der Waals surface area contributed by atoms with Crippen LogP contribution >= 0.6 is 0 Å². The summed E-state index contributed by atoms with van der Waals surface area (Å²) >= 11 is 0. The van der Waals surface area contributed by atoms with Crippen molar-refractivity contribution >= 4 is 11.9 Å². The molecule has 3 atom stereocenters. The van der Waals surface area contributed by atoms with Gasteiger partial charge in [-0.05, 0) is 83.5 Å². The minimum atomic E-state index is -0.791. The number of amides is 1. The van der Waals surface area contributed by atoms with Crippen LogP contribution in [0, 0.1) is 0 Å². The summed E-state index contributed by atoms with van der Waals surface area (Å²) in [6, 6.07) is -0.705. The topological polar surface area (TPSA) is 95.9 Å². The van der Waals surface area contributed by atoms with Gasteiger partial charge in [-0.3, -0.25) is 9.59 Å². The molecule has 0 aromatic rings. The molecule has 0 rings (SSSR count). The second kappa shape index (κ2) is 51.1. The maximum atomic E-state index is 13.2. The molecule has 3 unspecified atom stereocenters. The Hall–Kier alpha value is -1.92. The molecule has 0 aromatic carbocycles. The lowest BCUT2D eigenvalue weighted by Crippen LogP contribution is -2.46. The predicted molar refractivity (Wildman–Crippen MR) is 273 cm³/mol. The minimum Gasteiger partial charge on any atom is -0.462 e. The lowest BCUT2D eigenvalue weighted by atomic mass is 10.0. The van der Waals surface area contributed by atoms with Crippen molar-refractivity contribution in [3.63, 3.8) is 0 Å². The molecule has 0 saturated carbocycles. The number of ether oxygens (including phenoxy) is 1. The van der Waals surface area contributed by atoms with Crippen LogP contribution in [0.15, 0.2) is 36.5 Å². The number of aliphatic hydroxyl groups is 2. The third-order valence-electron chi connectivity index (χ3n) is 12.7. The molecule has 3 N–H and O–H groups in total. The zero-order chi connectivity index (χ0) is 45.9. The summed E-state index contributed by atoms with van der Waals surface area (Å²) in [4.78, 5) is 26.2. The van der Waals surface area contributed by atoms with Crippen molar-refractivity contribution in [2.24, 2.45) is 0 Å². The van der Waals surface area contributed by atoms with Crippen LogP contribution in [0.25, 0.3) is 0 Å². The largest absolute Gasteiger partial charge is 0.462 e. The third-order valence-corrected chi connectivity index (χ3v) is 12.7. The van der Waals surface area contributed by atoms with Crippen LogP contribution in [0.3, 0.4) is 0 Å². The highest BCUT2D eigenvalue weighted by atomic mass is 16.5. The van der Waals surface area contributed by atoms with Crippen molar-refractivity contribution < 1.29 is 24.5 Å². The molecule has 0 saturated heterocycles. The van der Waals surface area contributed by atoms with E-state index in [1.165, 1.54) is 167 Å². The van der Waals surface area contributed by atoms with Gasteiger partial charge in [-0.15, -0.1) is 0 Å². The van der Waals surface area contributed by atoms with E-state index in [1.54, 1.807) is 0 Å². The fourth-order valence-electron chi connectivity index (χ4n) is 8.46. The van der Waals surface area contributed by atoms with Crippen LogP contribution in [-0.2, 0) is 14.3 Å². The maximum Gasteiger partial charge on any atom is 0.306 e. The smallest absolute Gasteiger partial charge is 0.306 e. The van der Waals surface area contributed by atoms with Crippen molar-refractivity contribution in [3.8, 4) is 0 Å². The minimum absolute atomic E-state index is 0.0665. The summed E-state index contributed by atoms with van der Waals surface area (Å²) in [7, 11) is 0. The van der Waals surface area contributed by atoms with Crippen LogP contribution in [-0.4, -0.2) is 46.9 Å². The van der Waals surface area contributed by atoms with Crippen molar-refractivity contribution in [1.29, 1.82) is 0 Å². The van der Waals surface area contributed by atoms with E-state index in [0.717, 1.165) is 77.0 Å². The Morgan fingerprint density at radius 1 is 0.460 bits per heavy atom. The number of hydrogen-bond acceptors (Lipinski definition) is 5. The molecule has 0 bridgehead atoms. The molecule has 0 radical (unpaired) electrons. The van der Waals surface area contributed by atoms with Gasteiger partial charge in [0.05, 0.1) is 25.2 Å². The van der Waals surface area contributed by atoms with Crippen LogP contribution in [0.5, 0.6) is 0 Å². The molecule has 6 nitrogen and oxygen atoms in total. The van der Waals surface area contributed by atoms with E-state index in [2.05, 4.69) is 62.5 Å². The van der Waals surface area contributed by atoms with Crippen LogP contribution in [0.1, 0.15) is 290 Å². The van der Waals surface area contributed by atoms with Crippen molar-refractivity contribution in [2.75, 3.05) is 6.61 Å². The first kappa shape index (κ1) is 61.1. The first-order valence-electron chi connectivity index (χ1n) is 27.7. The average molecular weight is 886 g/mol. The summed E-state index contributed by atoms with van der Waals surface area (Å²) < 4.78 is 5.94. The standard InChI is InChI=1S/C57H107NO5/c1-4-7-10-13-16-19-22-24-26-28-30-32-35-38-41-44-47-50-57(62)63-53(48-45-42-39-36-34-31-29-27-25-23-20-17-14-11-8-5-2)51-56(61)58-54(52-59)55(60)49-46-43-40-37-33-21-18-15-12-9-6-3/h16,19,24,26,31,34,53-55,59-60H,4-15,17-18,20-23,25,27-30,32-33,35-52H2,1-3H3,(H,58,61)/b19-16-,26-24-,34-31+. The normalized spacial score (nSPS) is 13.4. The Morgan fingerprint density at radius 3 is 1.27 bits per heavy atom. The number of rotatable bonds is 50. The quantitative estimate of drug-likeness (QED) is 0.0321. The molecule has 0 aromatic heterocycles. The van der Waals surface area contributed by atoms with E-state index >= 15 is 0 Å². The Balaban J connectivity index is 4.58. The van der Waals surface area contributed by atoms with Crippen molar-refractivity contribution in [2.45, 2.75) is 309 Å². The molecule has 63 heavy (non-hydrogen) atoms. The molecule has 0 aliphatic carbocycles. The first-order chi connectivity index (χ1) is 31.0. The highest BCUT2D eigenvalue weighted by Crippen LogP contribution is 2.18. The Morgan fingerprint density at radius 2 is 0.810 bits per heavy atom. The molecule has 1 amide bonds. The van der Waals surface area contributed by atoms with Crippen LogP contribution < -0.4 is 5.32 Å². The van der Waals surface area contributed by atoms with E-state index in [1.807, 2.05) is 0 Å². The molecular formula is C57H107NO5. The highest BCUT2D eigenvalue weighted by molar-refractivity contribution is 5.77. The van der Waals surface area contributed by atoms with Crippen LogP contribution in [0.4, 0.5) is 0 Å². The number of allylic oxidation sites excluding steroid dienone is 6. The van der Waals surface area contributed by atoms with Crippen molar-refractivity contribution in [1.82, 2.24) is 5.32 Å². The summed E-state index contributed by atoms with van der Waals surface area (Å²) in [5, 5.41) is 23.8. The number of carbonyl (C=O) groups is 2. The number of carbonyl (C=O) groups excluding carboxylic acids is 2. The fraction of sp³-hybridized carbons (Fsp3) is 0.860. The average Bonchev–Trinajstić information content (AvgIpc) is 3.28. The van der Waals surface area contributed by atoms with Gasteiger partial charge >= 0.3 is 5.97 Å². The Labute approximate surface area is 392 Å². The van der Waals surface area contributed by atoms with Crippen molar-refractivity contribution in [3.05, 3.63) is 36.5 Å². The Bertz CT molecular complexity index is 1040. The lowest BCUT2D eigenvalue weighted by Gasteiger charge is -2.24. The Kier molecular flexibility index (Phi) is 49.5. The number of nitrogens with one attached hydrogen (secondary N) is 1. The number of esters is 1. The second-order valence-electron chi connectivity index (χ2n) is 19.0. The van der Waals surface area contributed by atoms with Crippen LogP contribution in [0.2, 0.25) is 0 Å². The van der Waals surface area contributed by atoms with E-state index in [-0.39, 0.29) is 24.9 Å². The SMILES string of the molecule is CCCCC/C=C\C/C=C\CCCCCCCCCC(=O)OC(CCCCC/C=C/CCCCCCCCCCC)CC(=O)NC(CO)C(O)CCCCCCCCCCCCC. The van der Waals surface area contributed by atoms with Gasteiger partial charge in [0.25, 0.3) is 0 Å². The molecule has 0 spiro atoms. The van der Waals surface area contributed by atoms with E-state index in [0.29, 0.717) is 19.3 Å². The van der Waals surface area contributed by atoms with Gasteiger partial charge in [0.2, 0.25) is 5.91 Å². The molecule has 370 valence electrons. The fourth-order valence-corrected chi connectivity index (χ4v) is 8.46. The number of unbranched alkanes of at least 4 members (excludes halogenated alkanes) is 32. The summed E-state index contributed by atoms with van der Waals surface area (Å²) in [5.74, 6) is -0.487. The maximum absolute atomic E-state index is 13.2. The summed E-state index contributed by atoms with van der Waals surface area (Å²) in [6.07, 6.45) is 60.6. The second-order valence-corrected chi connectivity index (χ2v) is 19.0. The van der Waals surface area contributed by atoms with Gasteiger partial charge in [0.1, 0.15) is 6.10 Å². The molecule has 6 heteroatoms. The monoisotopic (exact) mass is 886 g/mol. The van der Waals surface area contributed by atoms with E-state index < -0.39 is 18.2 Å². The summed E-state index contributed by atoms with van der Waals surface area (Å²) in [5.41, 5.74) is 0. The highest BCUT2D eigenvalue weighted by Gasteiger charge is 2.24. The predicted octanol–water partition coefficient (Wildman–Crippen LogP) is 16.8. The zero-order valence-electron chi connectivity index (χ0n) is 42.2. The van der Waals surface area contributed by atoms with Gasteiger partial charge in [-0.25, -0.2) is 0 Å². The van der Waals surface area contributed by atoms with Gasteiger partial charge in [0.15, 0.2) is 0 Å². The lowest BCUT2D eigenvalue weighted by molar-refractivity contribution is -0.151. The summed E-state index contributed by atoms with van der Waals surface area (Å²) in [6.45, 7) is 6.47. The molecule has 0 heterocycles. The molecule has 0 aliphatic rings. The molecule has 0 fully saturated rings. The van der Waals surface area contributed by atoms with Gasteiger partial charge in [-0.2, -0.15) is 0 Å².